The maximum atomic E-state index is 11.2. The minimum atomic E-state index is -0.593. The Morgan fingerprint density at radius 2 is 1.90 bits per heavy atom. The Balaban J connectivity index is 0.00000400. The third-order valence-corrected chi connectivity index (χ3v) is 2.06. The molecule has 0 saturated carbocycles. The van der Waals surface area contributed by atoms with Crippen LogP contribution in [0.2, 0.25) is 0 Å². The Morgan fingerprint density at radius 3 is 2.57 bits per heavy atom. The maximum Gasteiger partial charge on any atom is 1.00 e. The van der Waals surface area contributed by atoms with Crippen LogP contribution >= 0.6 is 0 Å². The minimum absolute atomic E-state index is 0. The number of ether oxygens (including phenoxy) is 3. The molecule has 0 radical (unpaired) electrons. The second-order valence-electron chi connectivity index (χ2n) is 3.52. The monoisotopic (exact) mass is 317 g/mol. The van der Waals surface area contributed by atoms with Gasteiger partial charge in [0.15, 0.2) is 0 Å². The predicted octanol–water partition coefficient (Wildman–Crippen LogP) is -1.68. The summed E-state index contributed by atoms with van der Waals surface area (Å²) in [5.41, 5.74) is 0. The molecule has 0 aliphatic heterocycles. The van der Waals surface area contributed by atoms with Gasteiger partial charge in [0.05, 0.1) is 6.54 Å². The largest absolute Gasteiger partial charge is 1.00 e. The summed E-state index contributed by atoms with van der Waals surface area (Å²) in [6, 6.07) is 9.84. The number of benzene rings is 1. The molecule has 7 heteroatoms. The summed E-state index contributed by atoms with van der Waals surface area (Å²) in [5.74, 6) is 0.151. The number of hydrogen-bond acceptors (Lipinski definition) is 5. The SMILES string of the molecule is C=CC(=O)OCCNC(=O)OCCOc1cc[c-]cc1.[K+]. The predicted molar refractivity (Wildman–Crippen MR) is 71.3 cm³/mol. The van der Waals surface area contributed by atoms with Gasteiger partial charge in [-0.1, -0.05) is 6.58 Å². The summed E-state index contributed by atoms with van der Waals surface area (Å²) in [7, 11) is 0. The first-order valence-corrected chi connectivity index (χ1v) is 6.01. The van der Waals surface area contributed by atoms with E-state index in [1.165, 1.54) is 0 Å². The van der Waals surface area contributed by atoms with Crippen LogP contribution in [-0.4, -0.2) is 38.4 Å². The average Bonchev–Trinajstić information content (AvgIpc) is 2.49. The Bertz CT molecular complexity index is 438. The number of alkyl carbamates (subject to hydrolysis) is 1. The van der Waals surface area contributed by atoms with Crippen LogP contribution in [0.1, 0.15) is 0 Å². The number of hydrogen-bond donors (Lipinski definition) is 1. The fraction of sp³-hybridized carbons (Fsp3) is 0.286. The molecule has 1 amide bonds. The fourth-order valence-corrected chi connectivity index (χ4v) is 1.18. The summed E-state index contributed by atoms with van der Waals surface area (Å²) in [6.45, 7) is 3.86. The second kappa shape index (κ2) is 12.8. The minimum Gasteiger partial charge on any atom is -0.515 e. The molecule has 1 aromatic rings. The summed E-state index contributed by atoms with van der Waals surface area (Å²) in [6.07, 6.45) is 0.460. The summed E-state index contributed by atoms with van der Waals surface area (Å²) >= 11 is 0. The van der Waals surface area contributed by atoms with Crippen molar-refractivity contribution < 1.29 is 75.2 Å². The maximum absolute atomic E-state index is 11.2. The molecule has 0 aliphatic carbocycles. The number of rotatable bonds is 8. The molecule has 0 fully saturated rings. The molecule has 0 saturated heterocycles. The van der Waals surface area contributed by atoms with Crippen molar-refractivity contribution in [2.45, 2.75) is 0 Å². The first-order chi connectivity index (χ1) is 9.72. The standard InChI is InChI=1S/C14H16NO5.K/c1-2-13(16)19-9-8-15-14(17)20-11-10-18-12-6-4-3-5-7-12;/h2,4-7H,1,8-11H2,(H,15,17);/q-1;+1. The normalized spacial score (nSPS) is 8.95. The number of amides is 1. The molecule has 0 atom stereocenters. The van der Waals surface area contributed by atoms with E-state index < -0.39 is 12.1 Å². The van der Waals surface area contributed by atoms with E-state index in [-0.39, 0.29) is 77.7 Å². The van der Waals surface area contributed by atoms with E-state index in [1.54, 1.807) is 24.3 Å². The molecule has 1 rings (SSSR count). The number of nitrogens with one attached hydrogen (secondary N) is 1. The number of carbonyl (C=O) groups is 2. The molecule has 6 nitrogen and oxygen atoms in total. The molecule has 0 unspecified atom stereocenters. The summed E-state index contributed by atoms with van der Waals surface area (Å²) < 4.78 is 14.8. The Labute approximate surface area is 166 Å². The zero-order valence-corrected chi connectivity index (χ0v) is 15.1. The molecule has 0 spiro atoms. The van der Waals surface area contributed by atoms with Crippen LogP contribution in [0.15, 0.2) is 36.9 Å². The quantitative estimate of drug-likeness (QED) is 0.204. The first-order valence-electron chi connectivity index (χ1n) is 6.01. The Hall–Kier alpha value is -0.864. The Morgan fingerprint density at radius 1 is 1.19 bits per heavy atom. The van der Waals surface area contributed by atoms with Gasteiger partial charge in [0, 0.05) is 11.8 Å². The van der Waals surface area contributed by atoms with Gasteiger partial charge in [0.25, 0.3) is 0 Å². The molecule has 1 N–H and O–H groups in total. The molecule has 0 aliphatic rings. The summed E-state index contributed by atoms with van der Waals surface area (Å²) in [4.78, 5) is 21.9. The van der Waals surface area contributed by atoms with Crippen LogP contribution in [0.3, 0.4) is 0 Å². The molecule has 21 heavy (non-hydrogen) atoms. The van der Waals surface area contributed by atoms with Crippen LogP contribution in [0, 0.1) is 6.07 Å². The average molecular weight is 317 g/mol. The Kier molecular flexibility index (Phi) is 12.3. The van der Waals surface area contributed by atoms with Crippen molar-refractivity contribution in [3.63, 3.8) is 0 Å². The van der Waals surface area contributed by atoms with E-state index in [0.717, 1.165) is 6.08 Å². The smallest absolute Gasteiger partial charge is 0.515 e. The van der Waals surface area contributed by atoms with Crippen LogP contribution in [0.5, 0.6) is 5.75 Å². The third-order valence-electron chi connectivity index (χ3n) is 2.06. The van der Waals surface area contributed by atoms with Gasteiger partial charge in [0.2, 0.25) is 0 Å². The van der Waals surface area contributed by atoms with Gasteiger partial charge in [0.1, 0.15) is 19.8 Å². The van der Waals surface area contributed by atoms with Crippen LogP contribution < -0.4 is 61.4 Å². The van der Waals surface area contributed by atoms with Crippen molar-refractivity contribution in [3.8, 4) is 5.75 Å². The van der Waals surface area contributed by atoms with Gasteiger partial charge in [-0.15, -0.1) is 12.1 Å². The van der Waals surface area contributed by atoms with Crippen molar-refractivity contribution in [3.05, 3.63) is 43.0 Å². The zero-order chi connectivity index (χ0) is 14.6. The van der Waals surface area contributed by atoms with Crippen LogP contribution in [0.4, 0.5) is 4.79 Å². The van der Waals surface area contributed by atoms with Crippen molar-refractivity contribution in [2.24, 2.45) is 0 Å². The van der Waals surface area contributed by atoms with Crippen molar-refractivity contribution in [1.82, 2.24) is 5.32 Å². The van der Waals surface area contributed by atoms with Crippen molar-refractivity contribution >= 4 is 12.1 Å². The number of carbonyl (C=O) groups excluding carboxylic acids is 2. The van der Waals surface area contributed by atoms with Gasteiger partial charge >= 0.3 is 63.4 Å². The van der Waals surface area contributed by atoms with Gasteiger partial charge < -0.3 is 19.5 Å². The first kappa shape index (κ1) is 20.1. The molecule has 1 aromatic carbocycles. The van der Waals surface area contributed by atoms with E-state index in [2.05, 4.69) is 22.7 Å². The summed E-state index contributed by atoms with van der Waals surface area (Å²) in [5, 5.41) is 2.43. The van der Waals surface area contributed by atoms with Crippen LogP contribution in [-0.2, 0) is 14.3 Å². The second-order valence-corrected chi connectivity index (χ2v) is 3.52. The van der Waals surface area contributed by atoms with E-state index in [4.69, 9.17) is 9.47 Å². The topological polar surface area (TPSA) is 73.9 Å². The van der Waals surface area contributed by atoms with Crippen molar-refractivity contribution in [2.75, 3.05) is 26.4 Å². The molecular formula is C14H16KNO5. The van der Waals surface area contributed by atoms with Crippen LogP contribution in [0.25, 0.3) is 0 Å². The molecule has 0 heterocycles. The van der Waals surface area contributed by atoms with Crippen molar-refractivity contribution in [1.29, 1.82) is 0 Å². The van der Waals surface area contributed by atoms with E-state index in [0.29, 0.717) is 5.75 Å². The zero-order valence-electron chi connectivity index (χ0n) is 12.0. The number of esters is 1. The van der Waals surface area contributed by atoms with Gasteiger partial charge in [-0.3, -0.25) is 0 Å². The van der Waals surface area contributed by atoms with Gasteiger partial charge in [-0.05, 0) is 0 Å². The molecular weight excluding hydrogens is 301 g/mol. The molecule has 0 aromatic heterocycles. The molecule has 108 valence electrons. The van der Waals surface area contributed by atoms with Gasteiger partial charge in [-0.25, -0.2) is 9.59 Å². The third kappa shape index (κ3) is 10.5. The fourth-order valence-electron chi connectivity index (χ4n) is 1.18. The van der Waals surface area contributed by atoms with E-state index >= 15 is 0 Å². The molecule has 0 bridgehead atoms. The van der Waals surface area contributed by atoms with E-state index in [9.17, 15) is 9.59 Å². The van der Waals surface area contributed by atoms with E-state index in [1.807, 2.05) is 0 Å². The van der Waals surface area contributed by atoms with Gasteiger partial charge in [-0.2, -0.15) is 18.2 Å².